The van der Waals surface area contributed by atoms with E-state index in [2.05, 4.69) is 5.32 Å². The molecule has 0 spiro atoms. The second kappa shape index (κ2) is 7.57. The van der Waals surface area contributed by atoms with Gasteiger partial charge in [-0.15, -0.1) is 11.8 Å². The zero-order valence-corrected chi connectivity index (χ0v) is 13.0. The van der Waals surface area contributed by atoms with Gasteiger partial charge in [0, 0.05) is 22.3 Å². The minimum Gasteiger partial charge on any atom is -0.309 e. The molecule has 1 atom stereocenters. The molecule has 1 nitrogen and oxygen atoms in total. The fourth-order valence-corrected chi connectivity index (χ4v) is 3.29. The predicted molar refractivity (Wildman–Crippen MR) is 84.7 cm³/mol. The molecule has 0 radical (unpaired) electrons. The highest BCUT2D eigenvalue weighted by Crippen LogP contribution is 2.28. The quantitative estimate of drug-likeness (QED) is 0.775. The van der Waals surface area contributed by atoms with Crippen LogP contribution in [0.2, 0.25) is 0 Å². The lowest BCUT2D eigenvalue weighted by Gasteiger charge is -2.19. The van der Waals surface area contributed by atoms with Crippen LogP contribution >= 0.6 is 11.8 Å². The maximum absolute atomic E-state index is 13.9. The molecule has 2 aromatic carbocycles. The molecule has 0 saturated heterocycles. The number of aryl methyl sites for hydroxylation is 1. The van der Waals surface area contributed by atoms with E-state index in [1.165, 1.54) is 17.7 Å². The molecule has 2 aromatic rings. The van der Waals surface area contributed by atoms with Crippen LogP contribution in [0.25, 0.3) is 0 Å². The summed E-state index contributed by atoms with van der Waals surface area (Å²) >= 11 is 1.65. The van der Waals surface area contributed by atoms with Crippen LogP contribution in [-0.2, 0) is 0 Å². The van der Waals surface area contributed by atoms with Gasteiger partial charge in [-0.1, -0.05) is 25.1 Å². The molecule has 0 amide bonds. The van der Waals surface area contributed by atoms with Crippen molar-refractivity contribution >= 4 is 11.8 Å². The number of rotatable bonds is 6. The molecular formula is C17H19F2NS. The highest BCUT2D eigenvalue weighted by molar-refractivity contribution is 7.99. The lowest BCUT2D eigenvalue weighted by molar-refractivity contribution is 0.533. The van der Waals surface area contributed by atoms with Crippen LogP contribution < -0.4 is 5.32 Å². The second-order valence-corrected chi connectivity index (χ2v) is 5.91. The van der Waals surface area contributed by atoms with Gasteiger partial charge in [0.25, 0.3) is 0 Å². The first kappa shape index (κ1) is 16.0. The predicted octanol–water partition coefficient (Wildman–Crippen LogP) is 4.72. The Morgan fingerprint density at radius 2 is 1.90 bits per heavy atom. The molecule has 0 bridgehead atoms. The van der Waals surface area contributed by atoms with Crippen molar-refractivity contribution in [2.24, 2.45) is 0 Å². The van der Waals surface area contributed by atoms with Gasteiger partial charge in [0.1, 0.15) is 11.6 Å². The fraction of sp³-hybridized carbons (Fsp3) is 0.294. The van der Waals surface area contributed by atoms with Gasteiger partial charge in [0.05, 0.1) is 0 Å². The Kier molecular flexibility index (Phi) is 5.76. The summed E-state index contributed by atoms with van der Waals surface area (Å²) in [5.74, 6) is -0.123. The van der Waals surface area contributed by atoms with Gasteiger partial charge in [-0.05, 0) is 43.3 Å². The number of hydrogen-bond donors (Lipinski definition) is 1. The molecule has 0 saturated carbocycles. The second-order valence-electron chi connectivity index (χ2n) is 4.85. The summed E-state index contributed by atoms with van der Waals surface area (Å²) < 4.78 is 27.3. The summed E-state index contributed by atoms with van der Waals surface area (Å²) in [6.45, 7) is 4.71. The highest BCUT2D eigenvalue weighted by Gasteiger charge is 2.16. The minimum atomic E-state index is -0.407. The van der Waals surface area contributed by atoms with Gasteiger partial charge in [0.2, 0.25) is 0 Å². The van der Waals surface area contributed by atoms with Crippen molar-refractivity contribution in [3.8, 4) is 0 Å². The Morgan fingerprint density at radius 1 is 1.14 bits per heavy atom. The molecule has 112 valence electrons. The topological polar surface area (TPSA) is 12.0 Å². The summed E-state index contributed by atoms with van der Waals surface area (Å²) in [7, 11) is 0. The summed E-state index contributed by atoms with van der Waals surface area (Å²) in [4.78, 5) is 1.16. The average molecular weight is 307 g/mol. The van der Waals surface area contributed by atoms with Crippen molar-refractivity contribution in [3.05, 3.63) is 65.2 Å². The molecule has 0 aromatic heterocycles. The van der Waals surface area contributed by atoms with E-state index < -0.39 is 5.82 Å². The molecule has 0 aliphatic heterocycles. The molecule has 2 rings (SSSR count). The van der Waals surface area contributed by atoms with E-state index >= 15 is 0 Å². The summed E-state index contributed by atoms with van der Waals surface area (Å²) in [6, 6.07) is 11.5. The third-order valence-corrected chi connectivity index (χ3v) is 4.55. The first-order chi connectivity index (χ1) is 10.1. The van der Waals surface area contributed by atoms with E-state index in [9.17, 15) is 8.78 Å². The van der Waals surface area contributed by atoms with Gasteiger partial charge in [-0.25, -0.2) is 8.78 Å². The monoisotopic (exact) mass is 307 g/mol. The van der Waals surface area contributed by atoms with Crippen molar-refractivity contribution in [1.82, 2.24) is 5.32 Å². The van der Waals surface area contributed by atoms with Crippen LogP contribution in [0, 0.1) is 18.6 Å². The SMILES string of the molecule is CCNC(CSc1ccccc1C)c1cc(F)ccc1F. The zero-order chi connectivity index (χ0) is 15.2. The first-order valence-corrected chi connectivity index (χ1v) is 7.97. The van der Waals surface area contributed by atoms with Crippen LogP contribution in [0.4, 0.5) is 8.78 Å². The van der Waals surface area contributed by atoms with Gasteiger partial charge in [-0.3, -0.25) is 0 Å². The molecule has 1 N–H and O–H groups in total. The first-order valence-electron chi connectivity index (χ1n) is 6.98. The van der Waals surface area contributed by atoms with E-state index in [0.29, 0.717) is 17.9 Å². The van der Waals surface area contributed by atoms with Crippen molar-refractivity contribution in [2.75, 3.05) is 12.3 Å². The molecule has 21 heavy (non-hydrogen) atoms. The lowest BCUT2D eigenvalue weighted by Crippen LogP contribution is -2.24. The third kappa shape index (κ3) is 4.29. The molecule has 1 unspecified atom stereocenters. The fourth-order valence-electron chi connectivity index (χ4n) is 2.18. The average Bonchev–Trinajstić information content (AvgIpc) is 2.48. The van der Waals surface area contributed by atoms with Crippen molar-refractivity contribution in [1.29, 1.82) is 0 Å². The van der Waals surface area contributed by atoms with E-state index in [1.807, 2.05) is 38.1 Å². The Bertz CT molecular complexity index is 601. The minimum absolute atomic E-state index is 0.213. The molecule has 0 aliphatic carbocycles. The van der Waals surface area contributed by atoms with Gasteiger partial charge in [0.15, 0.2) is 0 Å². The number of benzene rings is 2. The Morgan fingerprint density at radius 3 is 2.62 bits per heavy atom. The summed E-state index contributed by atoms with van der Waals surface area (Å²) in [5, 5.41) is 3.23. The van der Waals surface area contributed by atoms with Crippen molar-refractivity contribution in [3.63, 3.8) is 0 Å². The number of nitrogens with one attached hydrogen (secondary N) is 1. The summed E-state index contributed by atoms with van der Waals surface area (Å²) in [5.41, 5.74) is 1.58. The largest absolute Gasteiger partial charge is 0.309 e. The smallest absolute Gasteiger partial charge is 0.128 e. The Hall–Kier alpha value is -1.39. The van der Waals surface area contributed by atoms with Gasteiger partial charge < -0.3 is 5.32 Å². The number of halogens is 2. The van der Waals surface area contributed by atoms with Gasteiger partial charge in [-0.2, -0.15) is 0 Å². The van der Waals surface area contributed by atoms with Crippen LogP contribution in [0.5, 0.6) is 0 Å². The van der Waals surface area contributed by atoms with Crippen LogP contribution in [0.15, 0.2) is 47.4 Å². The van der Waals surface area contributed by atoms with E-state index in [4.69, 9.17) is 0 Å². The van der Waals surface area contributed by atoms with Gasteiger partial charge >= 0.3 is 0 Å². The van der Waals surface area contributed by atoms with Crippen molar-refractivity contribution < 1.29 is 8.78 Å². The number of hydrogen-bond acceptors (Lipinski definition) is 2. The molecule has 4 heteroatoms. The molecule has 0 heterocycles. The zero-order valence-electron chi connectivity index (χ0n) is 12.2. The third-order valence-electron chi connectivity index (χ3n) is 3.28. The van der Waals surface area contributed by atoms with Crippen LogP contribution in [0.1, 0.15) is 24.1 Å². The number of thioether (sulfide) groups is 1. The maximum atomic E-state index is 13.9. The maximum Gasteiger partial charge on any atom is 0.128 e. The molecular weight excluding hydrogens is 288 g/mol. The molecule has 0 fully saturated rings. The van der Waals surface area contributed by atoms with E-state index in [0.717, 1.165) is 11.0 Å². The Labute approximate surface area is 128 Å². The normalized spacial score (nSPS) is 12.4. The summed E-state index contributed by atoms with van der Waals surface area (Å²) in [6.07, 6.45) is 0. The van der Waals surface area contributed by atoms with Crippen LogP contribution in [0.3, 0.4) is 0 Å². The lowest BCUT2D eigenvalue weighted by atomic mass is 10.1. The Balaban J connectivity index is 2.16. The van der Waals surface area contributed by atoms with E-state index in [-0.39, 0.29) is 11.9 Å². The highest BCUT2D eigenvalue weighted by atomic mass is 32.2. The van der Waals surface area contributed by atoms with Crippen LogP contribution in [-0.4, -0.2) is 12.3 Å². The van der Waals surface area contributed by atoms with E-state index in [1.54, 1.807) is 11.8 Å². The standard InChI is InChI=1S/C17H19F2NS/c1-3-20-16(14-10-13(18)8-9-15(14)19)11-21-17-7-5-4-6-12(17)2/h4-10,16,20H,3,11H2,1-2H3. The molecule has 0 aliphatic rings. The van der Waals surface area contributed by atoms with Crippen molar-refractivity contribution in [2.45, 2.75) is 24.8 Å².